The van der Waals surface area contributed by atoms with Crippen molar-refractivity contribution in [1.29, 1.82) is 0 Å². The van der Waals surface area contributed by atoms with Gasteiger partial charge in [-0.2, -0.15) is 15.0 Å². The Balaban J connectivity index is 1.79. The number of hydrogen-bond donors (Lipinski definition) is 2. The standard InChI is InChI=1S/C14H21N7/c1-9-5-10(2)7-11(6-9)17-13-18-12(15)19-14(20-13)21-4-3-16-8-21/h3-4,8-11H,5-7H2,1-2H3,(H3,15,17,18,19,20). The minimum Gasteiger partial charge on any atom is -0.368 e. The molecule has 3 rings (SSSR count). The minimum absolute atomic E-state index is 0.216. The molecule has 1 aliphatic rings. The third-order valence-corrected chi connectivity index (χ3v) is 3.89. The average molecular weight is 287 g/mol. The molecule has 1 fully saturated rings. The van der Waals surface area contributed by atoms with Crippen LogP contribution in [-0.4, -0.2) is 30.5 Å². The van der Waals surface area contributed by atoms with E-state index in [9.17, 15) is 0 Å². The molecule has 7 nitrogen and oxygen atoms in total. The van der Waals surface area contributed by atoms with Crippen molar-refractivity contribution in [2.75, 3.05) is 11.1 Å². The molecule has 0 aliphatic heterocycles. The van der Waals surface area contributed by atoms with Gasteiger partial charge in [0.15, 0.2) is 0 Å². The topological polar surface area (TPSA) is 94.5 Å². The third-order valence-electron chi connectivity index (χ3n) is 3.89. The van der Waals surface area contributed by atoms with Crippen LogP contribution >= 0.6 is 0 Å². The van der Waals surface area contributed by atoms with Gasteiger partial charge in [0, 0.05) is 18.4 Å². The van der Waals surface area contributed by atoms with Gasteiger partial charge in [0.25, 0.3) is 0 Å². The number of hydrogen-bond acceptors (Lipinski definition) is 6. The van der Waals surface area contributed by atoms with Crippen LogP contribution in [-0.2, 0) is 0 Å². The second-order valence-corrected chi connectivity index (χ2v) is 6.05. The van der Waals surface area contributed by atoms with Gasteiger partial charge in [-0.1, -0.05) is 13.8 Å². The summed E-state index contributed by atoms with van der Waals surface area (Å²) < 4.78 is 1.72. The zero-order chi connectivity index (χ0) is 14.8. The summed E-state index contributed by atoms with van der Waals surface area (Å²) in [5, 5.41) is 3.41. The van der Waals surface area contributed by atoms with Crippen LogP contribution in [0, 0.1) is 11.8 Å². The predicted molar refractivity (Wildman–Crippen MR) is 81.0 cm³/mol. The lowest BCUT2D eigenvalue weighted by Crippen LogP contribution is -2.31. The fourth-order valence-electron chi connectivity index (χ4n) is 3.19. The van der Waals surface area contributed by atoms with E-state index < -0.39 is 0 Å². The number of nitrogens with two attached hydrogens (primary N) is 1. The van der Waals surface area contributed by atoms with Crippen LogP contribution in [0.15, 0.2) is 18.7 Å². The second kappa shape index (κ2) is 5.67. The van der Waals surface area contributed by atoms with Crippen molar-refractivity contribution < 1.29 is 0 Å². The Kier molecular flexibility index (Phi) is 3.72. The van der Waals surface area contributed by atoms with E-state index in [1.54, 1.807) is 23.3 Å². The highest BCUT2D eigenvalue weighted by atomic mass is 15.3. The number of nitrogens with one attached hydrogen (secondary N) is 1. The number of rotatable bonds is 3. The zero-order valence-electron chi connectivity index (χ0n) is 12.4. The highest BCUT2D eigenvalue weighted by molar-refractivity contribution is 5.36. The van der Waals surface area contributed by atoms with E-state index in [1.165, 1.54) is 6.42 Å². The maximum atomic E-state index is 5.79. The summed E-state index contributed by atoms with van der Waals surface area (Å²) in [5.74, 6) is 2.68. The first-order valence-electron chi connectivity index (χ1n) is 7.36. The van der Waals surface area contributed by atoms with Crippen molar-refractivity contribution in [2.45, 2.75) is 39.2 Å². The molecule has 112 valence electrons. The Morgan fingerprint density at radius 1 is 1.14 bits per heavy atom. The Bertz CT molecular complexity index is 585. The van der Waals surface area contributed by atoms with Crippen molar-refractivity contribution in [2.24, 2.45) is 11.8 Å². The summed E-state index contributed by atoms with van der Waals surface area (Å²) in [4.78, 5) is 16.8. The van der Waals surface area contributed by atoms with Gasteiger partial charge in [0.2, 0.25) is 17.8 Å². The van der Waals surface area contributed by atoms with E-state index in [0.717, 1.165) is 24.7 Å². The van der Waals surface area contributed by atoms with Crippen LogP contribution in [0.25, 0.3) is 5.95 Å². The van der Waals surface area contributed by atoms with Gasteiger partial charge in [-0.15, -0.1) is 0 Å². The van der Waals surface area contributed by atoms with Crippen LogP contribution < -0.4 is 11.1 Å². The smallest absolute Gasteiger partial charge is 0.241 e. The second-order valence-electron chi connectivity index (χ2n) is 6.05. The summed E-state index contributed by atoms with van der Waals surface area (Å²) in [5.41, 5.74) is 5.79. The summed E-state index contributed by atoms with van der Waals surface area (Å²) in [6.07, 6.45) is 8.66. The molecule has 0 radical (unpaired) electrons. The lowest BCUT2D eigenvalue weighted by molar-refractivity contribution is 0.280. The van der Waals surface area contributed by atoms with E-state index >= 15 is 0 Å². The summed E-state index contributed by atoms with van der Waals surface area (Å²) in [6.45, 7) is 4.59. The highest BCUT2D eigenvalue weighted by Crippen LogP contribution is 2.29. The molecule has 2 heterocycles. The van der Waals surface area contributed by atoms with Gasteiger partial charge >= 0.3 is 0 Å². The molecule has 2 aromatic heterocycles. The maximum absolute atomic E-state index is 5.79. The number of nitrogens with zero attached hydrogens (tertiary/aromatic N) is 5. The fraction of sp³-hybridized carbons (Fsp3) is 0.571. The van der Waals surface area contributed by atoms with E-state index in [4.69, 9.17) is 5.73 Å². The molecule has 0 bridgehead atoms. The van der Waals surface area contributed by atoms with Crippen molar-refractivity contribution in [3.05, 3.63) is 18.7 Å². The fourth-order valence-corrected chi connectivity index (χ4v) is 3.19. The molecule has 1 saturated carbocycles. The van der Waals surface area contributed by atoms with E-state index in [-0.39, 0.29) is 5.95 Å². The number of nitrogen functional groups attached to an aromatic ring is 1. The van der Waals surface area contributed by atoms with Crippen molar-refractivity contribution in [3.63, 3.8) is 0 Å². The molecule has 0 amide bonds. The third kappa shape index (κ3) is 3.29. The van der Waals surface area contributed by atoms with E-state index in [1.807, 2.05) is 0 Å². The van der Waals surface area contributed by atoms with Crippen molar-refractivity contribution in [3.8, 4) is 5.95 Å². The molecular weight excluding hydrogens is 266 g/mol. The normalized spacial score (nSPS) is 25.7. The molecule has 7 heteroatoms. The molecule has 0 aromatic carbocycles. The predicted octanol–water partition coefficient (Wildman–Crippen LogP) is 1.88. The number of anilines is 2. The lowest BCUT2D eigenvalue weighted by atomic mass is 9.80. The first-order valence-corrected chi connectivity index (χ1v) is 7.36. The Morgan fingerprint density at radius 3 is 2.57 bits per heavy atom. The largest absolute Gasteiger partial charge is 0.368 e. The monoisotopic (exact) mass is 287 g/mol. The Labute approximate surface area is 124 Å². The zero-order valence-corrected chi connectivity index (χ0v) is 12.4. The SMILES string of the molecule is CC1CC(C)CC(Nc2nc(N)nc(-n3ccnc3)n2)C1. The lowest BCUT2D eigenvalue weighted by Gasteiger charge is -2.31. The summed E-state index contributed by atoms with van der Waals surface area (Å²) >= 11 is 0. The molecule has 2 atom stereocenters. The molecule has 3 N–H and O–H groups in total. The Hall–Kier alpha value is -2.18. The van der Waals surface area contributed by atoms with Gasteiger partial charge in [-0.25, -0.2) is 4.98 Å². The van der Waals surface area contributed by atoms with Gasteiger partial charge in [-0.05, 0) is 31.1 Å². The molecule has 1 aliphatic carbocycles. The van der Waals surface area contributed by atoms with Crippen molar-refractivity contribution >= 4 is 11.9 Å². The molecule has 21 heavy (non-hydrogen) atoms. The van der Waals surface area contributed by atoms with Crippen LogP contribution in [0.4, 0.5) is 11.9 Å². The van der Waals surface area contributed by atoms with E-state index in [0.29, 0.717) is 17.9 Å². The van der Waals surface area contributed by atoms with Crippen LogP contribution in [0.2, 0.25) is 0 Å². The van der Waals surface area contributed by atoms with Crippen LogP contribution in [0.3, 0.4) is 0 Å². The van der Waals surface area contributed by atoms with Gasteiger partial charge in [0.1, 0.15) is 6.33 Å². The van der Waals surface area contributed by atoms with Crippen LogP contribution in [0.1, 0.15) is 33.1 Å². The minimum atomic E-state index is 0.216. The molecule has 0 spiro atoms. The first-order chi connectivity index (χ1) is 10.1. The van der Waals surface area contributed by atoms with Gasteiger partial charge < -0.3 is 11.1 Å². The number of aromatic nitrogens is 5. The maximum Gasteiger partial charge on any atom is 0.241 e. The molecule has 2 aromatic rings. The summed E-state index contributed by atoms with van der Waals surface area (Å²) in [7, 11) is 0. The Morgan fingerprint density at radius 2 is 1.90 bits per heavy atom. The van der Waals surface area contributed by atoms with Gasteiger partial charge in [0.05, 0.1) is 0 Å². The summed E-state index contributed by atoms with van der Waals surface area (Å²) in [6, 6.07) is 0.390. The first kappa shape index (κ1) is 13.8. The highest BCUT2D eigenvalue weighted by Gasteiger charge is 2.24. The molecule has 0 saturated heterocycles. The van der Waals surface area contributed by atoms with Crippen molar-refractivity contribution in [1.82, 2.24) is 24.5 Å². The quantitative estimate of drug-likeness (QED) is 0.895. The van der Waals surface area contributed by atoms with E-state index in [2.05, 4.69) is 39.1 Å². The molecular formula is C14H21N7. The number of imidazole rings is 1. The van der Waals surface area contributed by atoms with Crippen LogP contribution in [0.5, 0.6) is 0 Å². The van der Waals surface area contributed by atoms with Gasteiger partial charge in [-0.3, -0.25) is 4.57 Å². The average Bonchev–Trinajstić information content (AvgIpc) is 2.90. The molecule has 2 unspecified atom stereocenters.